The molecular weight excluding hydrogens is 261 g/mol. The number of hydrogen-bond donors (Lipinski definition) is 2. The van der Waals surface area contributed by atoms with Crippen LogP contribution in [-0.2, 0) is 0 Å². The molecule has 0 aromatic heterocycles. The molecule has 0 amide bonds. The average Bonchev–Trinajstić information content (AvgIpc) is 2.46. The van der Waals surface area contributed by atoms with Gasteiger partial charge in [-0.1, -0.05) is 18.2 Å². The lowest BCUT2D eigenvalue weighted by Gasteiger charge is -2.29. The third-order valence-corrected chi connectivity index (χ3v) is 5.01. The molecule has 1 fully saturated rings. The number of nitrogens with one attached hydrogen (secondary N) is 1. The molecule has 1 aliphatic rings. The Labute approximate surface area is 118 Å². The maximum Gasteiger partial charge on any atom is 0.129 e. The summed E-state index contributed by atoms with van der Waals surface area (Å²) in [6, 6.07) is 6.90. The van der Waals surface area contributed by atoms with E-state index in [2.05, 4.69) is 11.6 Å². The molecular formula is C15H22FNOS. The lowest BCUT2D eigenvalue weighted by atomic mass is 9.94. The Hall–Kier alpha value is -0.580. The van der Waals surface area contributed by atoms with Crippen molar-refractivity contribution >= 4 is 11.8 Å². The third-order valence-electron chi connectivity index (χ3n) is 3.87. The first kappa shape index (κ1) is 14.8. The van der Waals surface area contributed by atoms with Crippen molar-refractivity contribution in [2.24, 2.45) is 0 Å². The standard InChI is InChI=1S/C15H22FNOS/c1-19-12-8-6-11(7-9-12)17-10-15(18)13-4-2-3-5-14(13)16/h2-5,11-12,15,17-18H,6-10H2,1H3. The van der Waals surface area contributed by atoms with Crippen molar-refractivity contribution < 1.29 is 9.50 Å². The highest BCUT2D eigenvalue weighted by Crippen LogP contribution is 2.27. The molecule has 2 nitrogen and oxygen atoms in total. The van der Waals surface area contributed by atoms with Crippen molar-refractivity contribution in [1.29, 1.82) is 0 Å². The second kappa shape index (κ2) is 7.27. The molecule has 0 aliphatic heterocycles. The van der Waals surface area contributed by atoms with Crippen molar-refractivity contribution in [3.8, 4) is 0 Å². The van der Waals surface area contributed by atoms with Crippen molar-refractivity contribution in [2.75, 3.05) is 12.8 Å². The Morgan fingerprint density at radius 1 is 1.32 bits per heavy atom. The molecule has 1 aromatic carbocycles. The number of hydrogen-bond acceptors (Lipinski definition) is 3. The summed E-state index contributed by atoms with van der Waals surface area (Å²) >= 11 is 1.94. The van der Waals surface area contributed by atoms with Crippen LogP contribution in [0.1, 0.15) is 37.4 Å². The number of thioether (sulfide) groups is 1. The van der Waals surface area contributed by atoms with E-state index < -0.39 is 6.10 Å². The summed E-state index contributed by atoms with van der Waals surface area (Å²) in [5.41, 5.74) is 0.382. The molecule has 19 heavy (non-hydrogen) atoms. The van der Waals surface area contributed by atoms with Crippen LogP contribution in [0.2, 0.25) is 0 Å². The minimum atomic E-state index is -0.764. The maximum absolute atomic E-state index is 13.5. The van der Waals surface area contributed by atoms with E-state index in [9.17, 15) is 9.50 Å². The van der Waals surface area contributed by atoms with E-state index in [0.717, 1.165) is 18.1 Å². The van der Waals surface area contributed by atoms with Gasteiger partial charge in [-0.2, -0.15) is 11.8 Å². The normalized spacial score (nSPS) is 25.2. The fourth-order valence-electron chi connectivity index (χ4n) is 2.64. The van der Waals surface area contributed by atoms with Gasteiger partial charge < -0.3 is 10.4 Å². The van der Waals surface area contributed by atoms with Gasteiger partial charge in [0.05, 0.1) is 6.10 Å². The molecule has 0 heterocycles. The van der Waals surface area contributed by atoms with Gasteiger partial charge in [-0.05, 0) is 38.0 Å². The number of benzene rings is 1. The third kappa shape index (κ3) is 4.20. The molecule has 1 atom stereocenters. The van der Waals surface area contributed by atoms with Gasteiger partial charge in [-0.25, -0.2) is 4.39 Å². The molecule has 4 heteroatoms. The molecule has 0 saturated heterocycles. The van der Waals surface area contributed by atoms with Gasteiger partial charge in [0.2, 0.25) is 0 Å². The molecule has 0 bridgehead atoms. The first-order valence-corrected chi connectivity index (χ1v) is 8.18. The van der Waals surface area contributed by atoms with Crippen LogP contribution in [0.5, 0.6) is 0 Å². The van der Waals surface area contributed by atoms with Crippen LogP contribution < -0.4 is 5.32 Å². The van der Waals surface area contributed by atoms with Crippen molar-refractivity contribution in [2.45, 2.75) is 43.1 Å². The number of aliphatic hydroxyl groups excluding tert-OH is 1. The van der Waals surface area contributed by atoms with Crippen molar-refractivity contribution in [3.05, 3.63) is 35.6 Å². The summed E-state index contributed by atoms with van der Waals surface area (Å²) < 4.78 is 13.5. The van der Waals surface area contributed by atoms with Gasteiger partial charge in [-0.3, -0.25) is 0 Å². The first-order valence-electron chi connectivity index (χ1n) is 6.89. The van der Waals surface area contributed by atoms with E-state index in [0.29, 0.717) is 18.2 Å². The van der Waals surface area contributed by atoms with E-state index in [4.69, 9.17) is 0 Å². The minimum Gasteiger partial charge on any atom is -0.387 e. The molecule has 2 N–H and O–H groups in total. The maximum atomic E-state index is 13.5. The van der Waals surface area contributed by atoms with Crippen molar-refractivity contribution in [1.82, 2.24) is 5.32 Å². The Kier molecular flexibility index (Phi) is 5.67. The topological polar surface area (TPSA) is 32.3 Å². The summed E-state index contributed by atoms with van der Waals surface area (Å²) in [5, 5.41) is 14.2. The van der Waals surface area contributed by atoms with Crippen LogP contribution in [0.3, 0.4) is 0 Å². The highest BCUT2D eigenvalue weighted by Gasteiger charge is 2.21. The molecule has 106 valence electrons. The highest BCUT2D eigenvalue weighted by molar-refractivity contribution is 7.99. The van der Waals surface area contributed by atoms with Gasteiger partial charge in [0.1, 0.15) is 5.82 Å². The number of aliphatic hydroxyl groups is 1. The van der Waals surface area contributed by atoms with Crippen LogP contribution in [0.25, 0.3) is 0 Å². The molecule has 0 radical (unpaired) electrons. The van der Waals surface area contributed by atoms with Crippen LogP contribution in [-0.4, -0.2) is 29.2 Å². The van der Waals surface area contributed by atoms with Crippen LogP contribution in [0.4, 0.5) is 4.39 Å². The van der Waals surface area contributed by atoms with Crippen LogP contribution in [0, 0.1) is 5.82 Å². The predicted molar refractivity (Wildman–Crippen MR) is 78.9 cm³/mol. The average molecular weight is 283 g/mol. The van der Waals surface area contributed by atoms with Gasteiger partial charge in [-0.15, -0.1) is 0 Å². The molecule has 2 rings (SSSR count). The molecule has 0 spiro atoms. The summed E-state index contributed by atoms with van der Waals surface area (Å²) in [6.45, 7) is 0.426. The monoisotopic (exact) mass is 283 g/mol. The van der Waals surface area contributed by atoms with E-state index in [1.165, 1.54) is 18.9 Å². The summed E-state index contributed by atoms with van der Waals surface area (Å²) in [7, 11) is 0. The summed E-state index contributed by atoms with van der Waals surface area (Å²) in [5.74, 6) is -0.331. The number of rotatable bonds is 5. The molecule has 1 aromatic rings. The molecule has 1 saturated carbocycles. The van der Waals surface area contributed by atoms with Gasteiger partial charge in [0.15, 0.2) is 0 Å². The van der Waals surface area contributed by atoms with Crippen LogP contribution in [0.15, 0.2) is 24.3 Å². The van der Waals surface area contributed by atoms with Gasteiger partial charge in [0.25, 0.3) is 0 Å². The smallest absolute Gasteiger partial charge is 0.129 e. The van der Waals surface area contributed by atoms with E-state index in [1.807, 2.05) is 11.8 Å². The zero-order chi connectivity index (χ0) is 13.7. The zero-order valence-electron chi connectivity index (χ0n) is 11.3. The second-order valence-electron chi connectivity index (χ2n) is 5.15. The lowest BCUT2D eigenvalue weighted by Crippen LogP contribution is -2.36. The van der Waals surface area contributed by atoms with E-state index >= 15 is 0 Å². The molecule has 1 unspecified atom stereocenters. The number of halogens is 1. The van der Waals surface area contributed by atoms with Crippen LogP contribution >= 0.6 is 11.8 Å². The predicted octanol–water partition coefficient (Wildman–Crippen LogP) is 3.12. The van der Waals surface area contributed by atoms with Crippen molar-refractivity contribution in [3.63, 3.8) is 0 Å². The summed E-state index contributed by atoms with van der Waals surface area (Å²) in [4.78, 5) is 0. The molecule has 1 aliphatic carbocycles. The largest absolute Gasteiger partial charge is 0.387 e. The lowest BCUT2D eigenvalue weighted by molar-refractivity contribution is 0.161. The Morgan fingerprint density at radius 2 is 2.00 bits per heavy atom. The quantitative estimate of drug-likeness (QED) is 0.871. The zero-order valence-corrected chi connectivity index (χ0v) is 12.1. The van der Waals surface area contributed by atoms with E-state index in [1.54, 1.807) is 18.2 Å². The SMILES string of the molecule is CSC1CCC(NCC(O)c2ccccc2F)CC1. The second-order valence-corrected chi connectivity index (χ2v) is 6.29. The Morgan fingerprint density at radius 3 is 2.63 bits per heavy atom. The Balaban J connectivity index is 1.78. The minimum absolute atomic E-state index is 0.331. The highest BCUT2D eigenvalue weighted by atomic mass is 32.2. The Bertz CT molecular complexity index is 393. The fourth-order valence-corrected chi connectivity index (χ4v) is 3.38. The first-order chi connectivity index (χ1) is 9.20. The van der Waals surface area contributed by atoms with Gasteiger partial charge in [0, 0.05) is 23.4 Å². The van der Waals surface area contributed by atoms with Gasteiger partial charge >= 0.3 is 0 Å². The fraction of sp³-hybridized carbons (Fsp3) is 0.600. The summed E-state index contributed by atoms with van der Waals surface area (Å²) in [6.07, 6.45) is 6.16. The van der Waals surface area contributed by atoms with E-state index in [-0.39, 0.29) is 5.82 Å².